The Morgan fingerprint density at radius 1 is 1.18 bits per heavy atom. The SMILES string of the molecule is CC(C)C(=O)OC(=O)C(F)F. The molecule has 0 rings (SSSR count). The average molecular weight is 166 g/mol. The minimum Gasteiger partial charge on any atom is -0.389 e. The molecule has 0 unspecified atom stereocenters. The smallest absolute Gasteiger partial charge is 0.381 e. The number of hydrogen-bond donors (Lipinski definition) is 0. The van der Waals surface area contributed by atoms with E-state index in [4.69, 9.17) is 0 Å². The van der Waals surface area contributed by atoms with Crippen LogP contribution in [0.4, 0.5) is 8.78 Å². The Hall–Kier alpha value is -1.00. The molecule has 0 aliphatic carbocycles. The number of halogens is 2. The summed E-state index contributed by atoms with van der Waals surface area (Å²) in [5, 5.41) is 0. The number of rotatable bonds is 2. The second-order valence-electron chi connectivity index (χ2n) is 2.20. The number of ether oxygens (including phenoxy) is 1. The lowest BCUT2D eigenvalue weighted by Crippen LogP contribution is -2.22. The molecule has 0 bridgehead atoms. The van der Waals surface area contributed by atoms with Gasteiger partial charge in [-0.05, 0) is 0 Å². The zero-order valence-electron chi connectivity index (χ0n) is 6.14. The van der Waals surface area contributed by atoms with Crippen LogP contribution in [0.1, 0.15) is 13.8 Å². The number of alkyl halides is 2. The van der Waals surface area contributed by atoms with Gasteiger partial charge in [0.1, 0.15) is 0 Å². The Bertz CT molecular complexity index is 147. The summed E-state index contributed by atoms with van der Waals surface area (Å²) >= 11 is 0. The maximum Gasteiger partial charge on any atom is 0.381 e. The third-order valence-corrected chi connectivity index (χ3v) is 0.851. The van der Waals surface area contributed by atoms with Crippen molar-refractivity contribution in [3.8, 4) is 0 Å². The minimum absolute atomic E-state index is 0.572. The van der Waals surface area contributed by atoms with Gasteiger partial charge in [0.25, 0.3) is 0 Å². The van der Waals surface area contributed by atoms with Gasteiger partial charge in [0.05, 0.1) is 5.92 Å². The van der Waals surface area contributed by atoms with Crippen molar-refractivity contribution < 1.29 is 23.1 Å². The van der Waals surface area contributed by atoms with Gasteiger partial charge in [-0.1, -0.05) is 13.8 Å². The first-order valence-electron chi connectivity index (χ1n) is 2.98. The normalized spacial score (nSPS) is 10.4. The van der Waals surface area contributed by atoms with Gasteiger partial charge in [0.15, 0.2) is 0 Å². The number of carbonyl (C=O) groups excluding carboxylic acids is 2. The predicted molar refractivity (Wildman–Crippen MR) is 31.9 cm³/mol. The van der Waals surface area contributed by atoms with E-state index < -0.39 is 24.3 Å². The molecule has 5 heteroatoms. The van der Waals surface area contributed by atoms with Crippen molar-refractivity contribution >= 4 is 11.9 Å². The fraction of sp³-hybridized carbons (Fsp3) is 0.667. The highest BCUT2D eigenvalue weighted by Crippen LogP contribution is 2.01. The van der Waals surface area contributed by atoms with Crippen molar-refractivity contribution in [3.05, 3.63) is 0 Å². The van der Waals surface area contributed by atoms with E-state index in [1.54, 1.807) is 0 Å². The maximum atomic E-state index is 11.4. The van der Waals surface area contributed by atoms with Crippen molar-refractivity contribution in [3.63, 3.8) is 0 Å². The molecular weight excluding hydrogens is 158 g/mol. The third kappa shape index (κ3) is 3.64. The van der Waals surface area contributed by atoms with Crippen LogP contribution in [-0.4, -0.2) is 18.4 Å². The van der Waals surface area contributed by atoms with Gasteiger partial charge in [-0.25, -0.2) is 4.79 Å². The molecule has 0 atom stereocenters. The fourth-order valence-corrected chi connectivity index (χ4v) is 0.262. The first kappa shape index (κ1) is 10.0. The molecule has 0 aliphatic rings. The van der Waals surface area contributed by atoms with Gasteiger partial charge < -0.3 is 4.74 Å². The molecule has 0 aliphatic heterocycles. The Kier molecular flexibility index (Phi) is 3.64. The van der Waals surface area contributed by atoms with Crippen LogP contribution >= 0.6 is 0 Å². The molecule has 0 amide bonds. The van der Waals surface area contributed by atoms with E-state index in [0.717, 1.165) is 0 Å². The minimum atomic E-state index is -3.24. The topological polar surface area (TPSA) is 43.4 Å². The summed E-state index contributed by atoms with van der Waals surface area (Å²) < 4.78 is 26.6. The summed E-state index contributed by atoms with van der Waals surface area (Å²) in [6.07, 6.45) is -3.24. The molecule has 3 nitrogen and oxygen atoms in total. The van der Waals surface area contributed by atoms with E-state index in [2.05, 4.69) is 4.74 Å². The van der Waals surface area contributed by atoms with Gasteiger partial charge in [-0.2, -0.15) is 8.78 Å². The zero-order chi connectivity index (χ0) is 9.02. The lowest BCUT2D eigenvalue weighted by atomic mass is 10.2. The van der Waals surface area contributed by atoms with Gasteiger partial charge in [-0.3, -0.25) is 4.79 Å². The summed E-state index contributed by atoms with van der Waals surface area (Å²) in [4.78, 5) is 20.5. The fourth-order valence-electron chi connectivity index (χ4n) is 0.262. The van der Waals surface area contributed by atoms with Crippen LogP contribution in [0.3, 0.4) is 0 Å². The summed E-state index contributed by atoms with van der Waals surface area (Å²) in [5.41, 5.74) is 0. The number of carbonyl (C=O) groups is 2. The van der Waals surface area contributed by atoms with E-state index in [1.165, 1.54) is 13.8 Å². The Labute approximate surface area is 62.3 Å². The van der Waals surface area contributed by atoms with E-state index in [1.807, 2.05) is 0 Å². The molecule has 64 valence electrons. The highest BCUT2D eigenvalue weighted by atomic mass is 19.3. The molecule has 0 radical (unpaired) electrons. The van der Waals surface area contributed by atoms with Crippen LogP contribution in [0.5, 0.6) is 0 Å². The Morgan fingerprint density at radius 2 is 1.64 bits per heavy atom. The molecule has 11 heavy (non-hydrogen) atoms. The molecule has 0 aromatic heterocycles. The molecule has 0 saturated carbocycles. The summed E-state index contributed by atoms with van der Waals surface area (Å²) in [6.45, 7) is 2.89. The van der Waals surface area contributed by atoms with Gasteiger partial charge in [0, 0.05) is 0 Å². The van der Waals surface area contributed by atoms with Crippen LogP contribution in [-0.2, 0) is 14.3 Å². The van der Waals surface area contributed by atoms with E-state index in [-0.39, 0.29) is 0 Å². The van der Waals surface area contributed by atoms with E-state index >= 15 is 0 Å². The molecule has 0 aromatic rings. The molecule has 0 N–H and O–H groups in total. The molecule has 0 heterocycles. The molecule has 0 spiro atoms. The summed E-state index contributed by atoms with van der Waals surface area (Å²) in [6, 6.07) is 0. The lowest BCUT2D eigenvalue weighted by molar-refractivity contribution is -0.169. The van der Waals surface area contributed by atoms with Crippen molar-refractivity contribution in [1.29, 1.82) is 0 Å². The Morgan fingerprint density at radius 3 is 1.91 bits per heavy atom. The molecule has 0 saturated heterocycles. The van der Waals surface area contributed by atoms with Gasteiger partial charge in [0.2, 0.25) is 0 Å². The number of hydrogen-bond acceptors (Lipinski definition) is 3. The van der Waals surface area contributed by atoms with Gasteiger partial charge >= 0.3 is 18.4 Å². The summed E-state index contributed by atoms with van der Waals surface area (Å²) in [7, 11) is 0. The second-order valence-corrected chi connectivity index (χ2v) is 2.20. The largest absolute Gasteiger partial charge is 0.389 e. The highest BCUT2D eigenvalue weighted by molar-refractivity contribution is 5.87. The van der Waals surface area contributed by atoms with Crippen molar-refractivity contribution in [2.24, 2.45) is 5.92 Å². The highest BCUT2D eigenvalue weighted by Gasteiger charge is 2.22. The Balaban J connectivity index is 3.86. The van der Waals surface area contributed by atoms with Crippen LogP contribution in [0.15, 0.2) is 0 Å². The van der Waals surface area contributed by atoms with Crippen LogP contribution < -0.4 is 0 Å². The van der Waals surface area contributed by atoms with E-state index in [9.17, 15) is 18.4 Å². The van der Waals surface area contributed by atoms with E-state index in [0.29, 0.717) is 0 Å². The first-order chi connectivity index (χ1) is 4.95. The summed E-state index contributed by atoms with van der Waals surface area (Å²) in [5.74, 6) is -3.29. The van der Waals surface area contributed by atoms with Crippen molar-refractivity contribution in [2.45, 2.75) is 20.3 Å². The molecule has 0 fully saturated rings. The van der Waals surface area contributed by atoms with Crippen LogP contribution in [0.25, 0.3) is 0 Å². The van der Waals surface area contributed by atoms with Gasteiger partial charge in [-0.15, -0.1) is 0 Å². The third-order valence-electron chi connectivity index (χ3n) is 0.851. The second kappa shape index (κ2) is 4.00. The zero-order valence-corrected chi connectivity index (χ0v) is 6.14. The predicted octanol–water partition coefficient (Wildman–Crippen LogP) is 0.977. The first-order valence-corrected chi connectivity index (χ1v) is 2.98. The van der Waals surface area contributed by atoms with Crippen molar-refractivity contribution in [1.82, 2.24) is 0 Å². The quantitative estimate of drug-likeness (QED) is 0.453. The molecule has 0 aromatic carbocycles. The van der Waals surface area contributed by atoms with Crippen LogP contribution in [0, 0.1) is 5.92 Å². The standard InChI is InChI=1S/C6H8F2O3/c1-3(2)5(9)11-6(10)4(7)8/h3-4H,1-2H3. The molecular formula is C6H8F2O3. The lowest BCUT2D eigenvalue weighted by Gasteiger charge is -2.03. The van der Waals surface area contributed by atoms with Crippen molar-refractivity contribution in [2.75, 3.05) is 0 Å². The van der Waals surface area contributed by atoms with Crippen LogP contribution in [0.2, 0.25) is 0 Å². The monoisotopic (exact) mass is 166 g/mol. The average Bonchev–Trinajstić information content (AvgIpc) is 1.87. The number of esters is 2. The maximum absolute atomic E-state index is 11.4.